The molecule has 0 saturated heterocycles. The lowest BCUT2D eigenvalue weighted by Crippen LogP contribution is -2.50. The minimum Gasteiger partial charge on any atom is -0.508 e. The summed E-state index contributed by atoms with van der Waals surface area (Å²) in [6.45, 7) is 9.71. The summed E-state index contributed by atoms with van der Waals surface area (Å²) in [5, 5.41) is 13.0. The van der Waals surface area contributed by atoms with Crippen LogP contribution in [0.5, 0.6) is 5.75 Å². The number of phenolic OH excluding ortho intramolecular Hbond substituents is 1. The number of aromatic hydroxyl groups is 1. The molecule has 0 aliphatic carbocycles. The number of anilines is 2. The minimum absolute atomic E-state index is 0.0328. The van der Waals surface area contributed by atoms with Crippen molar-refractivity contribution in [1.82, 2.24) is 0 Å². The van der Waals surface area contributed by atoms with E-state index in [2.05, 4.69) is 37.9 Å². The van der Waals surface area contributed by atoms with Crippen LogP contribution >= 0.6 is 0 Å². The molecule has 88 valence electrons. The number of hydrogen-bond donors (Lipinski definition) is 2. The summed E-state index contributed by atoms with van der Waals surface area (Å²) in [6.07, 6.45) is 0. The molecule has 2 rings (SSSR count). The second kappa shape index (κ2) is 3.58. The fraction of sp³-hybridized carbons (Fsp3) is 0.538. The van der Waals surface area contributed by atoms with Crippen LogP contribution in [0.15, 0.2) is 18.2 Å². The van der Waals surface area contributed by atoms with Gasteiger partial charge in [0.05, 0.1) is 11.4 Å². The second-order valence-electron chi connectivity index (χ2n) is 5.43. The third-order valence-electron chi connectivity index (χ3n) is 2.95. The number of rotatable bonds is 1. The van der Waals surface area contributed by atoms with E-state index in [-0.39, 0.29) is 5.54 Å². The average Bonchev–Trinajstić information content (AvgIpc) is 2.14. The highest BCUT2D eigenvalue weighted by Crippen LogP contribution is 2.37. The van der Waals surface area contributed by atoms with Crippen LogP contribution in [0.4, 0.5) is 11.4 Å². The van der Waals surface area contributed by atoms with E-state index in [1.54, 1.807) is 12.1 Å². The number of phenols is 1. The van der Waals surface area contributed by atoms with Crippen LogP contribution in [0, 0.1) is 0 Å². The van der Waals surface area contributed by atoms with Crippen molar-refractivity contribution >= 4 is 11.4 Å². The van der Waals surface area contributed by atoms with Gasteiger partial charge in [-0.25, -0.2) is 0 Å². The van der Waals surface area contributed by atoms with Crippen molar-refractivity contribution in [3.8, 4) is 5.75 Å². The van der Waals surface area contributed by atoms with E-state index in [0.717, 1.165) is 12.2 Å². The van der Waals surface area contributed by atoms with E-state index < -0.39 is 0 Å². The van der Waals surface area contributed by atoms with Gasteiger partial charge >= 0.3 is 0 Å². The van der Waals surface area contributed by atoms with Gasteiger partial charge < -0.3 is 15.3 Å². The molecule has 0 spiro atoms. The van der Waals surface area contributed by atoms with Crippen molar-refractivity contribution in [3.05, 3.63) is 18.2 Å². The Hall–Kier alpha value is -1.38. The van der Waals surface area contributed by atoms with E-state index in [1.807, 2.05) is 6.07 Å². The molecular weight excluding hydrogens is 200 g/mol. The maximum absolute atomic E-state index is 9.52. The summed E-state index contributed by atoms with van der Waals surface area (Å²) in [5.41, 5.74) is 2.22. The predicted octanol–water partition coefficient (Wildman–Crippen LogP) is 2.81. The molecule has 3 nitrogen and oxygen atoms in total. The van der Waals surface area contributed by atoms with Gasteiger partial charge in [-0.2, -0.15) is 0 Å². The maximum Gasteiger partial charge on any atom is 0.117 e. The lowest BCUT2D eigenvalue weighted by molar-refractivity contribution is 0.472. The molecule has 0 amide bonds. The van der Waals surface area contributed by atoms with E-state index in [1.165, 1.54) is 5.69 Å². The first-order valence-corrected chi connectivity index (χ1v) is 5.77. The van der Waals surface area contributed by atoms with Crippen LogP contribution in [-0.4, -0.2) is 23.2 Å². The quantitative estimate of drug-likeness (QED) is 0.764. The van der Waals surface area contributed by atoms with Gasteiger partial charge in [-0.05, 0) is 39.8 Å². The summed E-state index contributed by atoms with van der Waals surface area (Å²) in [4.78, 5) is 2.37. The summed E-state index contributed by atoms with van der Waals surface area (Å²) in [5.74, 6) is 0.313. The van der Waals surface area contributed by atoms with Crippen molar-refractivity contribution in [2.45, 2.75) is 39.3 Å². The third-order valence-corrected chi connectivity index (χ3v) is 2.95. The Morgan fingerprint density at radius 1 is 1.38 bits per heavy atom. The van der Waals surface area contributed by atoms with Crippen molar-refractivity contribution in [2.75, 3.05) is 16.8 Å². The monoisotopic (exact) mass is 220 g/mol. The summed E-state index contributed by atoms with van der Waals surface area (Å²) < 4.78 is 0. The Morgan fingerprint density at radius 2 is 2.06 bits per heavy atom. The van der Waals surface area contributed by atoms with Gasteiger partial charge in [-0.3, -0.25) is 0 Å². The first kappa shape index (κ1) is 11.1. The highest BCUT2D eigenvalue weighted by Gasteiger charge is 2.30. The SMILES string of the molecule is CC(C)N1CC(C)(C)Nc2cc(O)ccc21. The van der Waals surface area contributed by atoms with Crippen LogP contribution in [0.25, 0.3) is 0 Å². The van der Waals surface area contributed by atoms with Crippen LogP contribution in [-0.2, 0) is 0 Å². The largest absolute Gasteiger partial charge is 0.508 e. The summed E-state index contributed by atoms with van der Waals surface area (Å²) in [7, 11) is 0. The standard InChI is InChI=1S/C13H20N2O/c1-9(2)15-8-13(3,4)14-11-7-10(16)5-6-12(11)15/h5-7,9,14,16H,8H2,1-4H3. The predicted molar refractivity (Wildman–Crippen MR) is 68.3 cm³/mol. The van der Waals surface area contributed by atoms with Gasteiger partial charge in [0.2, 0.25) is 0 Å². The van der Waals surface area contributed by atoms with Crippen molar-refractivity contribution in [1.29, 1.82) is 0 Å². The van der Waals surface area contributed by atoms with Gasteiger partial charge in [-0.15, -0.1) is 0 Å². The van der Waals surface area contributed by atoms with Crippen molar-refractivity contribution < 1.29 is 5.11 Å². The molecule has 0 bridgehead atoms. The molecule has 0 saturated carbocycles. The Balaban J connectivity index is 2.47. The first-order chi connectivity index (χ1) is 7.39. The van der Waals surface area contributed by atoms with E-state index >= 15 is 0 Å². The molecule has 1 aromatic carbocycles. The lowest BCUT2D eigenvalue weighted by atomic mass is 9.98. The number of hydrogen-bond acceptors (Lipinski definition) is 3. The minimum atomic E-state index is 0.0328. The molecule has 16 heavy (non-hydrogen) atoms. The van der Waals surface area contributed by atoms with E-state index in [0.29, 0.717) is 11.8 Å². The van der Waals surface area contributed by atoms with Crippen LogP contribution < -0.4 is 10.2 Å². The van der Waals surface area contributed by atoms with Gasteiger partial charge in [0.1, 0.15) is 5.75 Å². The van der Waals surface area contributed by atoms with Crippen LogP contribution in [0.2, 0.25) is 0 Å². The van der Waals surface area contributed by atoms with Gasteiger partial charge in [-0.1, -0.05) is 0 Å². The molecule has 1 aliphatic heterocycles. The normalized spacial score (nSPS) is 18.2. The number of fused-ring (bicyclic) bond motifs is 1. The zero-order valence-corrected chi connectivity index (χ0v) is 10.4. The molecule has 1 heterocycles. The highest BCUT2D eigenvalue weighted by molar-refractivity contribution is 5.75. The number of nitrogens with zero attached hydrogens (tertiary/aromatic N) is 1. The Kier molecular flexibility index (Phi) is 2.49. The molecule has 0 unspecified atom stereocenters. The Morgan fingerprint density at radius 3 is 2.69 bits per heavy atom. The van der Waals surface area contributed by atoms with E-state index in [4.69, 9.17) is 0 Å². The zero-order valence-electron chi connectivity index (χ0n) is 10.4. The topological polar surface area (TPSA) is 35.5 Å². The second-order valence-corrected chi connectivity index (χ2v) is 5.43. The van der Waals surface area contributed by atoms with Crippen molar-refractivity contribution in [3.63, 3.8) is 0 Å². The smallest absolute Gasteiger partial charge is 0.117 e. The molecule has 0 aromatic heterocycles. The summed E-state index contributed by atoms with van der Waals surface area (Å²) in [6, 6.07) is 5.98. The van der Waals surface area contributed by atoms with Gasteiger partial charge in [0.25, 0.3) is 0 Å². The van der Waals surface area contributed by atoms with Crippen LogP contribution in [0.3, 0.4) is 0 Å². The summed E-state index contributed by atoms with van der Waals surface area (Å²) >= 11 is 0. The fourth-order valence-electron chi connectivity index (χ4n) is 2.25. The molecule has 0 radical (unpaired) electrons. The molecule has 0 fully saturated rings. The lowest BCUT2D eigenvalue weighted by Gasteiger charge is -2.44. The maximum atomic E-state index is 9.52. The Labute approximate surface area is 97.1 Å². The third kappa shape index (κ3) is 1.94. The number of nitrogens with one attached hydrogen (secondary N) is 1. The fourth-order valence-corrected chi connectivity index (χ4v) is 2.25. The van der Waals surface area contributed by atoms with E-state index in [9.17, 15) is 5.11 Å². The molecule has 0 atom stereocenters. The van der Waals surface area contributed by atoms with Crippen LogP contribution in [0.1, 0.15) is 27.7 Å². The van der Waals surface area contributed by atoms with Crippen molar-refractivity contribution in [2.24, 2.45) is 0 Å². The molecular formula is C13H20N2O. The molecule has 1 aromatic rings. The first-order valence-electron chi connectivity index (χ1n) is 5.77. The number of benzene rings is 1. The highest BCUT2D eigenvalue weighted by atomic mass is 16.3. The zero-order chi connectivity index (χ0) is 11.9. The average molecular weight is 220 g/mol. The Bertz CT molecular complexity index is 399. The van der Waals surface area contributed by atoms with Gasteiger partial charge in [0.15, 0.2) is 0 Å². The molecule has 3 heteroatoms. The molecule has 1 aliphatic rings. The molecule has 2 N–H and O–H groups in total. The van der Waals surface area contributed by atoms with Gasteiger partial charge in [0, 0.05) is 24.2 Å².